The van der Waals surface area contributed by atoms with Gasteiger partial charge >= 0.3 is 0 Å². The van der Waals surface area contributed by atoms with E-state index in [4.69, 9.17) is 0 Å². The normalized spacial score (nSPS) is 10.7. The Kier molecular flexibility index (Phi) is 4.52. The summed E-state index contributed by atoms with van der Waals surface area (Å²) in [6.07, 6.45) is 7.40. The molecule has 2 aromatic heterocycles. The van der Waals surface area contributed by atoms with Crippen LogP contribution in [-0.4, -0.2) is 25.5 Å². The van der Waals surface area contributed by atoms with Crippen molar-refractivity contribution >= 4 is 11.7 Å². The molecule has 0 bridgehead atoms. The molecule has 118 valence electrons. The summed E-state index contributed by atoms with van der Waals surface area (Å²) < 4.78 is 3.57. The second kappa shape index (κ2) is 6.91. The smallest absolute Gasteiger partial charge is 0.256 e. The molecule has 1 N–H and O–H groups in total. The topological polar surface area (TPSA) is 64.7 Å². The molecule has 0 saturated carbocycles. The Morgan fingerprint density at radius 2 is 1.96 bits per heavy atom. The lowest BCUT2D eigenvalue weighted by atomic mass is 10.2. The van der Waals surface area contributed by atoms with Gasteiger partial charge in [-0.2, -0.15) is 10.2 Å². The van der Waals surface area contributed by atoms with Gasteiger partial charge in [-0.3, -0.25) is 4.79 Å². The van der Waals surface area contributed by atoms with Crippen LogP contribution >= 0.6 is 0 Å². The highest BCUT2D eigenvalue weighted by Crippen LogP contribution is 2.12. The van der Waals surface area contributed by atoms with E-state index >= 15 is 0 Å². The molecular weight excluding hydrogens is 290 g/mol. The third kappa shape index (κ3) is 3.48. The summed E-state index contributed by atoms with van der Waals surface area (Å²) in [6, 6.07) is 11.0. The van der Waals surface area contributed by atoms with E-state index in [9.17, 15) is 4.79 Å². The maximum absolute atomic E-state index is 12.4. The van der Waals surface area contributed by atoms with E-state index in [1.165, 1.54) is 0 Å². The predicted molar refractivity (Wildman–Crippen MR) is 88.7 cm³/mol. The molecule has 23 heavy (non-hydrogen) atoms. The number of nitrogens with one attached hydrogen (secondary N) is 1. The first-order chi connectivity index (χ1) is 11.3. The lowest BCUT2D eigenvalue weighted by molar-refractivity contribution is 0.102. The third-order valence-electron chi connectivity index (χ3n) is 3.58. The summed E-state index contributed by atoms with van der Waals surface area (Å²) in [7, 11) is 0. The Morgan fingerprint density at radius 1 is 1.13 bits per heavy atom. The van der Waals surface area contributed by atoms with Gasteiger partial charge in [0, 0.05) is 30.6 Å². The second-order valence-electron chi connectivity index (χ2n) is 5.24. The number of rotatable bonds is 6. The van der Waals surface area contributed by atoms with Crippen LogP contribution in [0, 0.1) is 0 Å². The molecule has 3 rings (SSSR count). The molecule has 0 unspecified atom stereocenters. The van der Waals surface area contributed by atoms with Crippen LogP contribution < -0.4 is 5.32 Å². The predicted octanol–water partition coefficient (Wildman–Crippen LogP) is 3.12. The Balaban J connectivity index is 1.70. The fraction of sp³-hybridized carbons (Fsp3) is 0.235. The zero-order valence-corrected chi connectivity index (χ0v) is 13.0. The maximum atomic E-state index is 12.4. The number of carbonyl (C=O) groups excluding carboxylic acids is 1. The van der Waals surface area contributed by atoms with E-state index in [1.807, 2.05) is 35.1 Å². The molecule has 0 aliphatic heterocycles. The maximum Gasteiger partial charge on any atom is 0.256 e. The van der Waals surface area contributed by atoms with Crippen molar-refractivity contribution in [2.45, 2.75) is 26.3 Å². The molecule has 6 heteroatoms. The molecule has 0 fully saturated rings. The van der Waals surface area contributed by atoms with Crippen molar-refractivity contribution in [3.8, 4) is 5.69 Å². The van der Waals surface area contributed by atoms with Crippen molar-refractivity contribution in [3.63, 3.8) is 0 Å². The van der Waals surface area contributed by atoms with Crippen LogP contribution in [0.15, 0.2) is 55.0 Å². The summed E-state index contributed by atoms with van der Waals surface area (Å²) in [5, 5.41) is 11.3. The molecule has 0 aliphatic rings. The zero-order valence-electron chi connectivity index (χ0n) is 13.0. The average Bonchev–Trinajstić information content (AvgIpc) is 3.25. The highest BCUT2D eigenvalue weighted by atomic mass is 16.1. The number of aryl methyl sites for hydroxylation is 1. The number of hydrogen-bond donors (Lipinski definition) is 1. The first-order valence-electron chi connectivity index (χ1n) is 7.71. The second-order valence-corrected chi connectivity index (χ2v) is 5.24. The van der Waals surface area contributed by atoms with Crippen molar-refractivity contribution in [2.75, 3.05) is 5.32 Å². The fourth-order valence-corrected chi connectivity index (χ4v) is 2.30. The van der Waals surface area contributed by atoms with Gasteiger partial charge in [-0.1, -0.05) is 13.3 Å². The summed E-state index contributed by atoms with van der Waals surface area (Å²) >= 11 is 0. The molecule has 1 amide bonds. The molecule has 0 radical (unpaired) electrons. The van der Waals surface area contributed by atoms with Crippen LogP contribution in [0.5, 0.6) is 0 Å². The number of unbranched alkanes of at least 4 members (excludes halogenated alkanes) is 1. The largest absolute Gasteiger partial charge is 0.307 e. The van der Waals surface area contributed by atoms with E-state index in [0.717, 1.165) is 30.9 Å². The third-order valence-corrected chi connectivity index (χ3v) is 3.58. The highest BCUT2D eigenvalue weighted by Gasteiger charge is 2.09. The summed E-state index contributed by atoms with van der Waals surface area (Å²) in [6.45, 7) is 2.93. The van der Waals surface area contributed by atoms with Crippen molar-refractivity contribution in [1.29, 1.82) is 0 Å². The number of aromatic nitrogens is 4. The number of benzene rings is 1. The van der Waals surface area contributed by atoms with Crippen molar-refractivity contribution in [3.05, 3.63) is 60.6 Å². The van der Waals surface area contributed by atoms with Gasteiger partial charge in [-0.05, 0) is 36.8 Å². The van der Waals surface area contributed by atoms with E-state index in [2.05, 4.69) is 22.4 Å². The molecule has 6 nitrogen and oxygen atoms in total. The molecule has 1 aromatic carbocycles. The summed E-state index contributed by atoms with van der Waals surface area (Å²) in [5.74, 6) is 0.579. The Morgan fingerprint density at radius 3 is 2.65 bits per heavy atom. The minimum absolute atomic E-state index is 0.143. The van der Waals surface area contributed by atoms with Gasteiger partial charge < -0.3 is 5.32 Å². The molecule has 0 atom stereocenters. The summed E-state index contributed by atoms with van der Waals surface area (Å²) in [4.78, 5) is 12.4. The minimum atomic E-state index is -0.143. The van der Waals surface area contributed by atoms with Crippen molar-refractivity contribution in [1.82, 2.24) is 19.6 Å². The van der Waals surface area contributed by atoms with Crippen LogP contribution in [0.1, 0.15) is 30.1 Å². The van der Waals surface area contributed by atoms with Gasteiger partial charge in [0.25, 0.3) is 5.91 Å². The molecule has 0 spiro atoms. The number of carbonyl (C=O) groups is 1. The van der Waals surface area contributed by atoms with Crippen LogP contribution in [-0.2, 0) is 6.54 Å². The average molecular weight is 309 g/mol. The first-order valence-corrected chi connectivity index (χ1v) is 7.71. The van der Waals surface area contributed by atoms with E-state index in [0.29, 0.717) is 5.56 Å². The molecular formula is C17H19N5O. The van der Waals surface area contributed by atoms with E-state index < -0.39 is 0 Å². The number of amides is 1. The van der Waals surface area contributed by atoms with Crippen LogP contribution in [0.4, 0.5) is 5.82 Å². The van der Waals surface area contributed by atoms with E-state index in [-0.39, 0.29) is 5.91 Å². The SMILES string of the molecule is CCCCn1nccc1NC(=O)c1ccc(-n2cccn2)cc1. The van der Waals surface area contributed by atoms with Crippen LogP contribution in [0.2, 0.25) is 0 Å². The van der Waals surface area contributed by atoms with Gasteiger partial charge in [0.2, 0.25) is 0 Å². The van der Waals surface area contributed by atoms with Gasteiger partial charge in [0.15, 0.2) is 0 Å². The fourth-order valence-electron chi connectivity index (χ4n) is 2.30. The van der Waals surface area contributed by atoms with Gasteiger partial charge in [-0.15, -0.1) is 0 Å². The van der Waals surface area contributed by atoms with Crippen LogP contribution in [0.3, 0.4) is 0 Å². The molecule has 2 heterocycles. The number of hydrogen-bond acceptors (Lipinski definition) is 3. The molecule has 0 saturated heterocycles. The van der Waals surface area contributed by atoms with Gasteiger partial charge in [0.05, 0.1) is 11.9 Å². The van der Waals surface area contributed by atoms with Crippen molar-refractivity contribution < 1.29 is 4.79 Å². The first kappa shape index (κ1) is 15.0. The molecule has 0 aliphatic carbocycles. The van der Waals surface area contributed by atoms with Crippen LogP contribution in [0.25, 0.3) is 5.69 Å². The zero-order chi connectivity index (χ0) is 16.1. The lowest BCUT2D eigenvalue weighted by Crippen LogP contribution is -2.16. The number of anilines is 1. The van der Waals surface area contributed by atoms with Crippen molar-refractivity contribution in [2.24, 2.45) is 0 Å². The van der Waals surface area contributed by atoms with Gasteiger partial charge in [0.1, 0.15) is 5.82 Å². The van der Waals surface area contributed by atoms with Gasteiger partial charge in [-0.25, -0.2) is 9.36 Å². The Bertz CT molecular complexity index is 759. The molecule has 3 aromatic rings. The Labute approximate surface area is 134 Å². The Hall–Kier alpha value is -2.89. The lowest BCUT2D eigenvalue weighted by Gasteiger charge is -2.09. The standard InChI is InChI=1S/C17H19N5O/c1-2-3-12-22-16(9-11-19-22)20-17(23)14-5-7-15(8-6-14)21-13-4-10-18-21/h4-11,13H,2-3,12H2,1H3,(H,20,23). The van der Waals surface area contributed by atoms with E-state index in [1.54, 1.807) is 29.2 Å². The highest BCUT2D eigenvalue weighted by molar-refractivity contribution is 6.03. The number of nitrogens with zero attached hydrogens (tertiary/aromatic N) is 4. The minimum Gasteiger partial charge on any atom is -0.307 e. The quantitative estimate of drug-likeness (QED) is 0.761. The summed E-state index contributed by atoms with van der Waals surface area (Å²) in [5.41, 5.74) is 1.52. The monoisotopic (exact) mass is 309 g/mol.